The topological polar surface area (TPSA) is 76.6 Å². The van der Waals surface area contributed by atoms with Crippen molar-refractivity contribution >= 4 is 39.8 Å². The number of aryl methyl sites for hydroxylation is 2. The Bertz CT molecular complexity index is 1400. The lowest BCUT2D eigenvalue weighted by Crippen LogP contribution is -2.22. The van der Waals surface area contributed by atoms with Gasteiger partial charge in [-0.1, -0.05) is 54.1 Å². The zero-order valence-corrected chi connectivity index (χ0v) is 20.5. The van der Waals surface area contributed by atoms with Crippen LogP contribution in [0.1, 0.15) is 50.0 Å². The molecule has 0 bridgehead atoms. The molecule has 0 radical (unpaired) electrons. The van der Waals surface area contributed by atoms with Gasteiger partial charge in [-0.25, -0.2) is 9.78 Å². The van der Waals surface area contributed by atoms with Crippen LogP contribution >= 0.6 is 11.3 Å². The molecule has 4 aromatic rings. The van der Waals surface area contributed by atoms with Crippen molar-refractivity contribution in [2.75, 3.05) is 4.90 Å². The molecule has 7 heteroatoms. The van der Waals surface area contributed by atoms with Crippen LogP contribution in [0.15, 0.2) is 78.2 Å². The first-order valence-corrected chi connectivity index (χ1v) is 11.9. The smallest absolute Gasteiger partial charge is 0.339 e. The van der Waals surface area contributed by atoms with E-state index in [0.717, 1.165) is 11.1 Å². The second-order valence-electron chi connectivity index (χ2n) is 8.08. The molecule has 0 atom stereocenters. The maximum absolute atomic E-state index is 13.2. The van der Waals surface area contributed by atoms with Gasteiger partial charge in [-0.05, 0) is 43.7 Å². The molecule has 0 N–H and O–H groups in total. The van der Waals surface area contributed by atoms with Crippen LogP contribution in [0.4, 0.5) is 10.8 Å². The number of carbonyl (C=O) groups excluding carboxylic acids is 3. The molecule has 4 rings (SSSR count). The van der Waals surface area contributed by atoms with Crippen LogP contribution in [-0.4, -0.2) is 22.6 Å². The molecular weight excluding hydrogens is 460 g/mol. The number of anilines is 2. The summed E-state index contributed by atoms with van der Waals surface area (Å²) in [6.07, 6.45) is 0. The fourth-order valence-corrected chi connectivity index (χ4v) is 4.54. The van der Waals surface area contributed by atoms with Crippen LogP contribution in [0.25, 0.3) is 0 Å². The maximum Gasteiger partial charge on any atom is 0.339 e. The number of amides is 1. The first-order chi connectivity index (χ1) is 16.8. The largest absolute Gasteiger partial charge is 0.456 e. The van der Waals surface area contributed by atoms with E-state index in [4.69, 9.17) is 4.74 Å². The lowest BCUT2D eigenvalue weighted by atomic mass is 9.94. The average molecular weight is 485 g/mol. The van der Waals surface area contributed by atoms with Gasteiger partial charge < -0.3 is 4.74 Å². The number of para-hydroxylation sites is 1. The minimum atomic E-state index is -0.611. The zero-order chi connectivity index (χ0) is 24.9. The number of benzene rings is 3. The summed E-state index contributed by atoms with van der Waals surface area (Å²) in [5.41, 5.74) is 4.07. The molecule has 0 saturated heterocycles. The van der Waals surface area contributed by atoms with Gasteiger partial charge >= 0.3 is 5.97 Å². The van der Waals surface area contributed by atoms with E-state index in [-0.39, 0.29) is 29.4 Å². The molecule has 1 heterocycles. The van der Waals surface area contributed by atoms with Crippen LogP contribution in [-0.2, 0) is 16.1 Å². The zero-order valence-electron chi connectivity index (χ0n) is 19.6. The predicted molar refractivity (Wildman–Crippen MR) is 136 cm³/mol. The minimum absolute atomic E-state index is 0.0815. The SMILES string of the molecule is CC(=O)N(c1ccccc1)c1nc(COC(=O)c2ccccc2C(=O)c2cc(C)ccc2C)cs1. The Kier molecular flexibility index (Phi) is 7.17. The number of ketones is 1. The van der Waals surface area contributed by atoms with E-state index < -0.39 is 5.97 Å². The molecule has 35 heavy (non-hydrogen) atoms. The number of rotatable bonds is 7. The third-order valence-corrected chi connectivity index (χ3v) is 6.32. The van der Waals surface area contributed by atoms with E-state index in [9.17, 15) is 14.4 Å². The monoisotopic (exact) mass is 484 g/mol. The van der Waals surface area contributed by atoms with Crippen molar-refractivity contribution in [1.82, 2.24) is 4.98 Å². The lowest BCUT2D eigenvalue weighted by Gasteiger charge is -2.17. The molecule has 176 valence electrons. The summed E-state index contributed by atoms with van der Waals surface area (Å²) in [6, 6.07) is 21.5. The first-order valence-electron chi connectivity index (χ1n) is 11.0. The van der Waals surface area contributed by atoms with Crippen molar-refractivity contribution in [2.45, 2.75) is 27.4 Å². The van der Waals surface area contributed by atoms with Crippen LogP contribution < -0.4 is 4.90 Å². The Morgan fingerprint density at radius 3 is 2.29 bits per heavy atom. The maximum atomic E-state index is 13.2. The van der Waals surface area contributed by atoms with Gasteiger partial charge in [-0.2, -0.15) is 0 Å². The van der Waals surface area contributed by atoms with Crippen LogP contribution in [0.3, 0.4) is 0 Å². The van der Waals surface area contributed by atoms with Crippen LogP contribution in [0, 0.1) is 13.8 Å². The molecule has 0 aliphatic carbocycles. The number of hydrogen-bond acceptors (Lipinski definition) is 6. The molecule has 1 aromatic heterocycles. The van der Waals surface area contributed by atoms with Gasteiger partial charge in [0.2, 0.25) is 5.91 Å². The van der Waals surface area contributed by atoms with Gasteiger partial charge in [0, 0.05) is 23.4 Å². The summed E-state index contributed by atoms with van der Waals surface area (Å²) in [5.74, 6) is -1.01. The Hall–Kier alpha value is -4.10. The summed E-state index contributed by atoms with van der Waals surface area (Å²) < 4.78 is 5.50. The Balaban J connectivity index is 1.52. The predicted octanol–water partition coefficient (Wildman–Crippen LogP) is 6.03. The van der Waals surface area contributed by atoms with Crippen LogP contribution in [0.2, 0.25) is 0 Å². The highest BCUT2D eigenvalue weighted by atomic mass is 32.1. The second kappa shape index (κ2) is 10.4. The van der Waals surface area contributed by atoms with E-state index in [0.29, 0.717) is 22.1 Å². The molecule has 0 unspecified atom stereocenters. The number of hydrogen-bond donors (Lipinski definition) is 0. The van der Waals surface area contributed by atoms with Crippen molar-refractivity contribution in [1.29, 1.82) is 0 Å². The highest BCUT2D eigenvalue weighted by Crippen LogP contribution is 2.29. The van der Waals surface area contributed by atoms with E-state index in [1.54, 1.807) is 29.6 Å². The summed E-state index contributed by atoms with van der Waals surface area (Å²) >= 11 is 1.29. The third-order valence-electron chi connectivity index (χ3n) is 5.44. The third kappa shape index (κ3) is 5.36. The van der Waals surface area contributed by atoms with Gasteiger partial charge in [0.05, 0.1) is 16.9 Å². The first kappa shape index (κ1) is 24.0. The van der Waals surface area contributed by atoms with Gasteiger partial charge in [0.15, 0.2) is 10.9 Å². The number of aromatic nitrogens is 1. The molecule has 0 saturated carbocycles. The van der Waals surface area contributed by atoms with E-state index in [1.807, 2.05) is 62.4 Å². The molecule has 0 spiro atoms. The van der Waals surface area contributed by atoms with Crippen LogP contribution in [0.5, 0.6) is 0 Å². The average Bonchev–Trinajstić information content (AvgIpc) is 3.32. The Morgan fingerprint density at radius 2 is 1.57 bits per heavy atom. The van der Waals surface area contributed by atoms with Crippen molar-refractivity contribution in [3.8, 4) is 0 Å². The van der Waals surface area contributed by atoms with Gasteiger partial charge in [0.1, 0.15) is 6.61 Å². The standard InChI is InChI=1S/C28H24N2O4S/c1-18-13-14-19(2)25(15-18)26(32)23-11-7-8-12-24(23)27(33)34-16-21-17-35-28(29-21)30(20(3)31)22-9-5-4-6-10-22/h4-15,17H,16H2,1-3H3. The molecule has 1 amide bonds. The number of esters is 1. The fourth-order valence-electron chi connectivity index (χ4n) is 3.67. The van der Waals surface area contributed by atoms with Crippen molar-refractivity contribution in [3.05, 3.63) is 112 Å². The molecule has 3 aromatic carbocycles. The number of nitrogens with zero attached hydrogens (tertiary/aromatic N) is 2. The summed E-state index contributed by atoms with van der Waals surface area (Å²) in [4.78, 5) is 44.4. The highest BCUT2D eigenvalue weighted by Gasteiger charge is 2.22. The quantitative estimate of drug-likeness (QED) is 0.236. The molecular formula is C28H24N2O4S. The summed E-state index contributed by atoms with van der Waals surface area (Å²) in [7, 11) is 0. The number of thiazole rings is 1. The second-order valence-corrected chi connectivity index (χ2v) is 8.92. The van der Waals surface area contributed by atoms with Crippen molar-refractivity contribution < 1.29 is 19.1 Å². The summed E-state index contributed by atoms with van der Waals surface area (Å²) in [5, 5.41) is 2.23. The van der Waals surface area contributed by atoms with Gasteiger partial charge in [0.25, 0.3) is 0 Å². The van der Waals surface area contributed by atoms with Crippen molar-refractivity contribution in [3.63, 3.8) is 0 Å². The number of ether oxygens (including phenoxy) is 1. The lowest BCUT2D eigenvalue weighted by molar-refractivity contribution is -0.115. The normalized spacial score (nSPS) is 10.6. The Morgan fingerprint density at radius 1 is 0.886 bits per heavy atom. The molecule has 0 aliphatic rings. The Labute approximate surface area is 207 Å². The highest BCUT2D eigenvalue weighted by molar-refractivity contribution is 7.14. The number of carbonyl (C=O) groups is 3. The van der Waals surface area contributed by atoms with Crippen molar-refractivity contribution in [2.24, 2.45) is 0 Å². The molecule has 0 fully saturated rings. The van der Waals surface area contributed by atoms with Gasteiger partial charge in [-0.3, -0.25) is 14.5 Å². The summed E-state index contributed by atoms with van der Waals surface area (Å²) in [6.45, 7) is 5.18. The van der Waals surface area contributed by atoms with Gasteiger partial charge in [-0.15, -0.1) is 11.3 Å². The van der Waals surface area contributed by atoms with E-state index in [2.05, 4.69) is 4.98 Å². The minimum Gasteiger partial charge on any atom is -0.456 e. The molecule has 0 aliphatic heterocycles. The fraction of sp³-hybridized carbons (Fsp3) is 0.143. The molecule has 6 nitrogen and oxygen atoms in total. The van der Waals surface area contributed by atoms with E-state index in [1.165, 1.54) is 23.2 Å². The van der Waals surface area contributed by atoms with E-state index >= 15 is 0 Å².